The Bertz CT molecular complexity index is 784. The van der Waals surface area contributed by atoms with Crippen molar-refractivity contribution in [2.45, 2.75) is 6.42 Å². The topological polar surface area (TPSA) is 74.4 Å². The number of benzene rings is 1. The number of nitrogens with one attached hydrogen (secondary N) is 2. The lowest BCUT2D eigenvalue weighted by atomic mass is 10.2. The van der Waals surface area contributed by atoms with Gasteiger partial charge in [-0.25, -0.2) is 4.39 Å². The van der Waals surface area contributed by atoms with Crippen LogP contribution in [0.15, 0.2) is 29.1 Å². The molecule has 1 fully saturated rings. The van der Waals surface area contributed by atoms with Gasteiger partial charge >= 0.3 is 0 Å². The third-order valence-electron chi connectivity index (χ3n) is 4.08. The minimum Gasteiger partial charge on any atom is -0.379 e. The summed E-state index contributed by atoms with van der Waals surface area (Å²) in [6.45, 7) is 4.78. The second-order valence-corrected chi connectivity index (χ2v) is 5.80. The number of fused-ring (bicyclic) bond motifs is 1. The number of H-pyrrole nitrogens is 1. The van der Waals surface area contributed by atoms with E-state index in [0.717, 1.165) is 45.3 Å². The van der Waals surface area contributed by atoms with Gasteiger partial charge in [0.25, 0.3) is 5.91 Å². The molecule has 0 saturated carbocycles. The lowest BCUT2D eigenvalue weighted by molar-refractivity contribution is 0.0374. The van der Waals surface area contributed by atoms with E-state index >= 15 is 0 Å². The number of aromatic amines is 1. The van der Waals surface area contributed by atoms with E-state index in [1.165, 1.54) is 18.2 Å². The van der Waals surface area contributed by atoms with Crippen molar-refractivity contribution in [2.24, 2.45) is 0 Å². The summed E-state index contributed by atoms with van der Waals surface area (Å²) >= 11 is 0. The number of ether oxygens (including phenoxy) is 1. The fourth-order valence-electron chi connectivity index (χ4n) is 2.77. The van der Waals surface area contributed by atoms with Crippen molar-refractivity contribution in [3.05, 3.63) is 46.0 Å². The van der Waals surface area contributed by atoms with E-state index in [0.29, 0.717) is 12.1 Å². The molecule has 0 aliphatic carbocycles. The summed E-state index contributed by atoms with van der Waals surface area (Å²) in [5, 5.41) is 3.04. The van der Waals surface area contributed by atoms with Crippen LogP contribution in [0.3, 0.4) is 0 Å². The Balaban J connectivity index is 1.57. The van der Waals surface area contributed by atoms with Gasteiger partial charge in [0.1, 0.15) is 11.5 Å². The van der Waals surface area contributed by atoms with Crippen LogP contribution in [-0.2, 0) is 4.74 Å². The number of carbonyl (C=O) groups is 1. The van der Waals surface area contributed by atoms with Gasteiger partial charge in [0.2, 0.25) is 0 Å². The summed E-state index contributed by atoms with van der Waals surface area (Å²) in [6, 6.07) is 5.08. The summed E-state index contributed by atoms with van der Waals surface area (Å²) in [4.78, 5) is 29.4. The SMILES string of the molecule is O=C(NCCCN1CCOCC1)c1cc(=O)c2cc(F)ccc2[nH]1. The highest BCUT2D eigenvalue weighted by Crippen LogP contribution is 2.10. The van der Waals surface area contributed by atoms with Gasteiger partial charge in [0.15, 0.2) is 5.43 Å². The molecule has 1 aromatic heterocycles. The average molecular weight is 333 g/mol. The second kappa shape index (κ2) is 7.55. The second-order valence-electron chi connectivity index (χ2n) is 5.80. The molecule has 3 rings (SSSR count). The number of pyridine rings is 1. The highest BCUT2D eigenvalue weighted by Gasteiger charge is 2.12. The van der Waals surface area contributed by atoms with Crippen LogP contribution in [0.1, 0.15) is 16.9 Å². The van der Waals surface area contributed by atoms with Gasteiger partial charge in [0.05, 0.1) is 18.7 Å². The number of morpholine rings is 1. The van der Waals surface area contributed by atoms with Gasteiger partial charge in [-0.2, -0.15) is 0 Å². The first kappa shape index (κ1) is 16.6. The zero-order valence-corrected chi connectivity index (χ0v) is 13.3. The summed E-state index contributed by atoms with van der Waals surface area (Å²) in [6.07, 6.45) is 0.828. The molecule has 6 nitrogen and oxygen atoms in total. The Hall–Kier alpha value is -2.25. The molecule has 0 bridgehead atoms. The maximum absolute atomic E-state index is 13.2. The summed E-state index contributed by atoms with van der Waals surface area (Å²) in [5.74, 6) is -0.811. The Labute approximate surface area is 138 Å². The van der Waals surface area contributed by atoms with Crippen molar-refractivity contribution in [1.29, 1.82) is 0 Å². The molecule has 2 N–H and O–H groups in total. The highest BCUT2D eigenvalue weighted by molar-refractivity contribution is 5.94. The number of amides is 1. The number of hydrogen-bond donors (Lipinski definition) is 2. The van der Waals surface area contributed by atoms with E-state index < -0.39 is 5.82 Å². The fourth-order valence-corrected chi connectivity index (χ4v) is 2.77. The molecule has 7 heteroatoms. The van der Waals surface area contributed by atoms with Gasteiger partial charge in [-0.05, 0) is 31.2 Å². The van der Waals surface area contributed by atoms with Crippen molar-refractivity contribution in [3.63, 3.8) is 0 Å². The van der Waals surface area contributed by atoms with Crippen LogP contribution in [0, 0.1) is 5.82 Å². The molecular formula is C17H20FN3O3. The summed E-state index contributed by atoms with van der Waals surface area (Å²) in [7, 11) is 0. The lowest BCUT2D eigenvalue weighted by Gasteiger charge is -2.26. The van der Waals surface area contributed by atoms with Crippen LogP contribution in [0.2, 0.25) is 0 Å². The smallest absolute Gasteiger partial charge is 0.267 e. The normalized spacial score (nSPS) is 15.5. The van der Waals surface area contributed by atoms with Crippen molar-refractivity contribution < 1.29 is 13.9 Å². The number of hydrogen-bond acceptors (Lipinski definition) is 4. The highest BCUT2D eigenvalue weighted by atomic mass is 19.1. The number of rotatable bonds is 5. The van der Waals surface area contributed by atoms with Gasteiger partial charge < -0.3 is 15.0 Å². The van der Waals surface area contributed by atoms with E-state index in [9.17, 15) is 14.0 Å². The first-order valence-electron chi connectivity index (χ1n) is 8.04. The third kappa shape index (κ3) is 3.98. The van der Waals surface area contributed by atoms with Gasteiger partial charge in [-0.3, -0.25) is 14.5 Å². The van der Waals surface area contributed by atoms with Crippen LogP contribution in [-0.4, -0.2) is 55.2 Å². The van der Waals surface area contributed by atoms with Crippen molar-refractivity contribution in [1.82, 2.24) is 15.2 Å². The minimum atomic E-state index is -0.478. The Morgan fingerprint density at radius 3 is 2.88 bits per heavy atom. The van der Waals surface area contributed by atoms with Gasteiger partial charge in [-0.15, -0.1) is 0 Å². The molecule has 0 radical (unpaired) electrons. The molecular weight excluding hydrogens is 313 g/mol. The molecule has 2 aromatic rings. The molecule has 0 spiro atoms. The maximum atomic E-state index is 13.2. The summed E-state index contributed by atoms with van der Waals surface area (Å²) in [5.41, 5.74) is 0.259. The standard InChI is InChI=1S/C17H20FN3O3/c18-12-2-3-14-13(10-12)16(22)11-15(20-14)17(23)19-4-1-5-21-6-8-24-9-7-21/h2-3,10-11H,1,4-9H2,(H,19,23)(H,20,22). The first-order valence-corrected chi connectivity index (χ1v) is 8.04. The monoisotopic (exact) mass is 333 g/mol. The molecule has 2 heterocycles. The predicted molar refractivity (Wildman–Crippen MR) is 88.7 cm³/mol. The number of carbonyl (C=O) groups excluding carboxylic acids is 1. The zero-order chi connectivity index (χ0) is 16.9. The fraction of sp³-hybridized carbons (Fsp3) is 0.412. The predicted octanol–water partition coefficient (Wildman–Crippen LogP) is 1.12. The molecule has 24 heavy (non-hydrogen) atoms. The molecule has 1 saturated heterocycles. The molecule has 1 amide bonds. The van der Waals surface area contributed by atoms with Crippen LogP contribution >= 0.6 is 0 Å². The number of nitrogens with zero attached hydrogens (tertiary/aromatic N) is 1. The average Bonchev–Trinajstić information content (AvgIpc) is 2.60. The van der Waals surface area contributed by atoms with E-state index in [1.54, 1.807) is 0 Å². The molecule has 0 unspecified atom stereocenters. The lowest BCUT2D eigenvalue weighted by Crippen LogP contribution is -2.38. The quantitative estimate of drug-likeness (QED) is 0.804. The van der Waals surface area contributed by atoms with Gasteiger partial charge in [0, 0.05) is 31.1 Å². The van der Waals surface area contributed by atoms with E-state index in [1.807, 2.05) is 0 Å². The minimum absolute atomic E-state index is 0.186. The van der Waals surface area contributed by atoms with E-state index in [-0.39, 0.29) is 22.4 Å². The Kier molecular flexibility index (Phi) is 5.22. The van der Waals surface area contributed by atoms with Gasteiger partial charge in [-0.1, -0.05) is 0 Å². The van der Waals surface area contributed by atoms with Crippen LogP contribution in [0.4, 0.5) is 4.39 Å². The van der Waals surface area contributed by atoms with Crippen molar-refractivity contribution >= 4 is 16.8 Å². The molecule has 0 atom stereocenters. The maximum Gasteiger partial charge on any atom is 0.267 e. The summed E-state index contributed by atoms with van der Waals surface area (Å²) < 4.78 is 18.5. The Morgan fingerprint density at radius 2 is 2.08 bits per heavy atom. The molecule has 128 valence electrons. The molecule has 1 aliphatic rings. The van der Waals surface area contributed by atoms with Crippen molar-refractivity contribution in [3.8, 4) is 0 Å². The zero-order valence-electron chi connectivity index (χ0n) is 13.3. The molecule has 1 aromatic carbocycles. The van der Waals surface area contributed by atoms with Crippen LogP contribution in [0.5, 0.6) is 0 Å². The van der Waals surface area contributed by atoms with E-state index in [4.69, 9.17) is 4.74 Å². The Morgan fingerprint density at radius 1 is 1.29 bits per heavy atom. The number of aromatic nitrogens is 1. The number of halogens is 1. The van der Waals surface area contributed by atoms with Crippen molar-refractivity contribution in [2.75, 3.05) is 39.4 Å². The molecule has 1 aliphatic heterocycles. The largest absolute Gasteiger partial charge is 0.379 e. The third-order valence-corrected chi connectivity index (χ3v) is 4.08. The van der Waals surface area contributed by atoms with Crippen LogP contribution in [0.25, 0.3) is 10.9 Å². The van der Waals surface area contributed by atoms with Crippen LogP contribution < -0.4 is 10.7 Å². The first-order chi connectivity index (χ1) is 11.6. The van der Waals surface area contributed by atoms with E-state index in [2.05, 4.69) is 15.2 Å².